The summed E-state index contributed by atoms with van der Waals surface area (Å²) in [6, 6.07) is 7.64. The van der Waals surface area contributed by atoms with E-state index in [1.165, 1.54) is 24.3 Å². The summed E-state index contributed by atoms with van der Waals surface area (Å²) in [5.74, 6) is -0.527. The minimum atomic E-state index is -4.62. The number of alkyl halides is 3. The Kier molecular flexibility index (Phi) is 3.86. The second-order valence-electron chi connectivity index (χ2n) is 3.70. The van der Waals surface area contributed by atoms with Gasteiger partial charge in [0.1, 0.15) is 11.6 Å². The number of nitriles is 1. The van der Waals surface area contributed by atoms with Crippen LogP contribution in [0.4, 0.5) is 13.2 Å². The number of rotatable bonds is 3. The van der Waals surface area contributed by atoms with Crippen molar-refractivity contribution in [2.75, 3.05) is 6.61 Å². The summed E-state index contributed by atoms with van der Waals surface area (Å²) in [6.45, 7) is -0.512. The van der Waals surface area contributed by atoms with Crippen molar-refractivity contribution >= 4 is 11.6 Å². The highest BCUT2D eigenvalue weighted by Crippen LogP contribution is 2.37. The van der Waals surface area contributed by atoms with Gasteiger partial charge in [-0.3, -0.25) is 0 Å². The molecule has 0 aliphatic carbocycles. The lowest BCUT2D eigenvalue weighted by atomic mass is 10.3. The van der Waals surface area contributed by atoms with Crippen LogP contribution >= 0.6 is 11.6 Å². The normalized spacial score (nSPS) is 11.2. The number of aromatic nitrogens is 2. The first-order chi connectivity index (χ1) is 9.43. The monoisotopic (exact) mass is 301 g/mol. The van der Waals surface area contributed by atoms with Gasteiger partial charge in [-0.1, -0.05) is 11.6 Å². The smallest absolute Gasteiger partial charge is 0.423 e. The Morgan fingerprint density at radius 1 is 1.30 bits per heavy atom. The Morgan fingerprint density at radius 3 is 2.50 bits per heavy atom. The van der Waals surface area contributed by atoms with Crippen LogP contribution < -0.4 is 4.74 Å². The minimum absolute atomic E-state index is 0.345. The average Bonchev–Trinajstić information content (AvgIpc) is 2.81. The third kappa shape index (κ3) is 2.86. The highest BCUT2D eigenvalue weighted by atomic mass is 35.5. The van der Waals surface area contributed by atoms with Gasteiger partial charge in [-0.05, 0) is 24.3 Å². The van der Waals surface area contributed by atoms with Gasteiger partial charge in [-0.15, -0.1) is 0 Å². The molecule has 0 atom stereocenters. The van der Waals surface area contributed by atoms with Crippen LogP contribution in [0.25, 0.3) is 5.69 Å². The van der Waals surface area contributed by atoms with E-state index < -0.39 is 24.2 Å². The van der Waals surface area contributed by atoms with Crippen molar-refractivity contribution < 1.29 is 17.9 Å². The third-order valence-electron chi connectivity index (χ3n) is 2.38. The fraction of sp³-hybridized carbons (Fsp3) is 0.167. The van der Waals surface area contributed by atoms with Crippen molar-refractivity contribution in [2.24, 2.45) is 0 Å². The number of halogens is 4. The maximum Gasteiger partial charge on any atom is 0.423 e. The van der Waals surface area contributed by atoms with Gasteiger partial charge in [0.05, 0.1) is 11.9 Å². The molecule has 0 aliphatic rings. The highest BCUT2D eigenvalue weighted by Gasteiger charge is 2.37. The molecule has 0 fully saturated rings. The van der Waals surface area contributed by atoms with E-state index in [0.29, 0.717) is 16.9 Å². The first-order valence-electron chi connectivity index (χ1n) is 5.34. The number of nitrogens with zero attached hydrogens (tertiary/aromatic N) is 3. The van der Waals surface area contributed by atoms with E-state index in [1.807, 2.05) is 0 Å². The van der Waals surface area contributed by atoms with Crippen LogP contribution in [0.2, 0.25) is 5.02 Å². The lowest BCUT2D eigenvalue weighted by Gasteiger charge is -2.10. The molecule has 0 unspecified atom stereocenters. The third-order valence-corrected chi connectivity index (χ3v) is 2.63. The summed E-state index contributed by atoms with van der Waals surface area (Å²) < 4.78 is 44.3. The lowest BCUT2D eigenvalue weighted by molar-refractivity contribution is -0.138. The van der Waals surface area contributed by atoms with E-state index >= 15 is 0 Å². The van der Waals surface area contributed by atoms with Gasteiger partial charge < -0.3 is 4.74 Å². The molecule has 0 aliphatic heterocycles. The van der Waals surface area contributed by atoms with E-state index in [9.17, 15) is 13.2 Å². The van der Waals surface area contributed by atoms with Crippen molar-refractivity contribution in [3.8, 4) is 17.6 Å². The molecule has 0 amide bonds. The maximum absolute atomic E-state index is 12.8. The lowest BCUT2D eigenvalue weighted by Crippen LogP contribution is -2.10. The van der Waals surface area contributed by atoms with E-state index in [0.717, 1.165) is 4.68 Å². The van der Waals surface area contributed by atoms with Crippen LogP contribution in [0, 0.1) is 11.3 Å². The zero-order valence-electron chi connectivity index (χ0n) is 9.86. The molecule has 1 heterocycles. The summed E-state index contributed by atoms with van der Waals surface area (Å²) in [5, 5.41) is 12.5. The summed E-state index contributed by atoms with van der Waals surface area (Å²) in [5.41, 5.74) is -0.694. The molecule has 0 spiro atoms. The van der Waals surface area contributed by atoms with E-state index in [-0.39, 0.29) is 0 Å². The fourth-order valence-corrected chi connectivity index (χ4v) is 1.66. The molecule has 8 heteroatoms. The molecule has 0 N–H and O–H groups in total. The van der Waals surface area contributed by atoms with Crippen LogP contribution in [0.1, 0.15) is 5.56 Å². The number of hydrogen-bond acceptors (Lipinski definition) is 3. The van der Waals surface area contributed by atoms with Crippen LogP contribution in [0.5, 0.6) is 5.88 Å². The summed E-state index contributed by atoms with van der Waals surface area (Å²) in [7, 11) is 0. The first kappa shape index (κ1) is 14.2. The molecule has 0 saturated heterocycles. The van der Waals surface area contributed by atoms with E-state index in [1.54, 1.807) is 6.07 Å². The Labute approximate surface area is 116 Å². The van der Waals surface area contributed by atoms with Crippen molar-refractivity contribution in [2.45, 2.75) is 6.18 Å². The van der Waals surface area contributed by atoms with Gasteiger partial charge in [0.2, 0.25) is 5.88 Å². The molecule has 1 aromatic carbocycles. The number of ether oxygens (including phenoxy) is 1. The molecule has 20 heavy (non-hydrogen) atoms. The molecule has 1 aromatic heterocycles. The molecule has 0 radical (unpaired) electrons. The molecule has 0 bridgehead atoms. The Morgan fingerprint density at radius 2 is 1.95 bits per heavy atom. The van der Waals surface area contributed by atoms with Gasteiger partial charge in [0, 0.05) is 5.02 Å². The summed E-state index contributed by atoms with van der Waals surface area (Å²) in [6.07, 6.45) is -3.96. The predicted molar refractivity (Wildman–Crippen MR) is 64.7 cm³/mol. The molecule has 4 nitrogen and oxygen atoms in total. The van der Waals surface area contributed by atoms with Crippen LogP contribution in [-0.4, -0.2) is 16.4 Å². The standard InChI is InChI=1S/C12H7ClF3N3O/c13-8-1-3-9(4-2-8)19-11(20-6-5-17)10(7-18-19)12(14,15)16/h1-4,7H,6H2. The SMILES string of the molecule is N#CCOc1c(C(F)(F)F)cnn1-c1ccc(Cl)cc1. The topological polar surface area (TPSA) is 50.8 Å². The van der Waals surface area contributed by atoms with Crippen molar-refractivity contribution in [3.63, 3.8) is 0 Å². The van der Waals surface area contributed by atoms with Crippen molar-refractivity contribution in [3.05, 3.63) is 41.0 Å². The van der Waals surface area contributed by atoms with Crippen molar-refractivity contribution in [1.82, 2.24) is 9.78 Å². The van der Waals surface area contributed by atoms with Gasteiger partial charge in [-0.2, -0.15) is 23.5 Å². The van der Waals surface area contributed by atoms with Gasteiger partial charge >= 0.3 is 6.18 Å². The zero-order chi connectivity index (χ0) is 14.8. The Balaban J connectivity index is 2.50. The number of hydrogen-bond donors (Lipinski definition) is 0. The van der Waals surface area contributed by atoms with Gasteiger partial charge in [0.15, 0.2) is 6.61 Å². The average molecular weight is 302 g/mol. The second kappa shape index (κ2) is 5.43. The predicted octanol–water partition coefficient (Wildman–Crippen LogP) is 3.45. The quantitative estimate of drug-likeness (QED) is 0.872. The van der Waals surface area contributed by atoms with Crippen LogP contribution in [0.3, 0.4) is 0 Å². The van der Waals surface area contributed by atoms with E-state index in [4.69, 9.17) is 21.6 Å². The molecule has 104 valence electrons. The molecule has 2 aromatic rings. The fourth-order valence-electron chi connectivity index (χ4n) is 1.54. The molecular weight excluding hydrogens is 295 g/mol. The zero-order valence-corrected chi connectivity index (χ0v) is 10.6. The highest BCUT2D eigenvalue weighted by molar-refractivity contribution is 6.30. The molecule has 0 saturated carbocycles. The molecule has 2 rings (SSSR count). The van der Waals surface area contributed by atoms with E-state index in [2.05, 4.69) is 5.10 Å². The summed E-state index contributed by atoms with van der Waals surface area (Å²) >= 11 is 5.72. The summed E-state index contributed by atoms with van der Waals surface area (Å²) in [4.78, 5) is 0. The molecular formula is C12H7ClF3N3O. The van der Waals surface area contributed by atoms with Crippen LogP contribution in [0.15, 0.2) is 30.5 Å². The number of benzene rings is 1. The minimum Gasteiger partial charge on any atom is -0.462 e. The van der Waals surface area contributed by atoms with Crippen LogP contribution in [-0.2, 0) is 6.18 Å². The van der Waals surface area contributed by atoms with Gasteiger partial charge in [0.25, 0.3) is 0 Å². The Bertz CT molecular complexity index is 643. The Hall–Kier alpha value is -2.20. The van der Waals surface area contributed by atoms with Gasteiger partial charge in [-0.25, -0.2) is 4.68 Å². The first-order valence-corrected chi connectivity index (χ1v) is 5.72. The second-order valence-corrected chi connectivity index (χ2v) is 4.13. The maximum atomic E-state index is 12.8. The largest absolute Gasteiger partial charge is 0.462 e. The van der Waals surface area contributed by atoms with Crippen molar-refractivity contribution in [1.29, 1.82) is 5.26 Å².